The normalized spacial score (nSPS) is 28.4. The number of hydrogen-bond donors (Lipinski definition) is 0. The number of ketones is 1. The zero-order chi connectivity index (χ0) is 12.9. The van der Waals surface area contributed by atoms with Gasteiger partial charge in [0.05, 0.1) is 7.11 Å². The first-order chi connectivity index (χ1) is 8.54. The molecule has 2 nitrogen and oxygen atoms in total. The molecule has 0 aromatic heterocycles. The molecule has 0 spiro atoms. The zero-order valence-corrected chi connectivity index (χ0v) is 11.1. The summed E-state index contributed by atoms with van der Waals surface area (Å²) in [6.45, 7) is 4.46. The maximum Gasteiger partial charge on any atom is 0.170 e. The van der Waals surface area contributed by atoms with Gasteiger partial charge in [0.2, 0.25) is 0 Å². The van der Waals surface area contributed by atoms with Crippen LogP contribution in [-0.2, 0) is 4.74 Å². The number of benzene rings is 1. The van der Waals surface area contributed by atoms with Gasteiger partial charge in [0, 0.05) is 17.0 Å². The summed E-state index contributed by atoms with van der Waals surface area (Å²) >= 11 is 0. The fourth-order valence-electron chi connectivity index (χ4n) is 3.02. The largest absolute Gasteiger partial charge is 0.496 e. The SMILES string of the molecule is COC1=CC(C2CC2(C)C)C(=O)c2ccccc21. The molecule has 0 bridgehead atoms. The minimum atomic E-state index is -0.00940. The van der Waals surface area contributed by atoms with Gasteiger partial charge in [-0.05, 0) is 23.8 Å². The van der Waals surface area contributed by atoms with Gasteiger partial charge in [-0.3, -0.25) is 4.79 Å². The van der Waals surface area contributed by atoms with Gasteiger partial charge in [-0.1, -0.05) is 38.1 Å². The van der Waals surface area contributed by atoms with Crippen molar-refractivity contribution in [3.8, 4) is 0 Å². The predicted octanol–water partition coefficient (Wildman–Crippen LogP) is 3.53. The fourth-order valence-corrected chi connectivity index (χ4v) is 3.02. The number of carbonyl (C=O) groups is 1. The molecule has 18 heavy (non-hydrogen) atoms. The van der Waals surface area contributed by atoms with E-state index in [2.05, 4.69) is 13.8 Å². The first-order valence-electron chi connectivity index (χ1n) is 6.44. The van der Waals surface area contributed by atoms with Gasteiger partial charge in [-0.2, -0.15) is 0 Å². The van der Waals surface area contributed by atoms with Crippen molar-refractivity contribution in [3.63, 3.8) is 0 Å². The molecule has 2 unspecified atom stereocenters. The summed E-state index contributed by atoms with van der Waals surface area (Å²) in [4.78, 5) is 12.5. The van der Waals surface area contributed by atoms with Crippen molar-refractivity contribution in [1.29, 1.82) is 0 Å². The van der Waals surface area contributed by atoms with E-state index in [1.165, 1.54) is 0 Å². The minimum absolute atomic E-state index is 0.00940. The minimum Gasteiger partial charge on any atom is -0.496 e. The summed E-state index contributed by atoms with van der Waals surface area (Å²) in [5.74, 6) is 1.55. The monoisotopic (exact) mass is 242 g/mol. The maximum atomic E-state index is 12.5. The third-order valence-corrected chi connectivity index (χ3v) is 4.33. The van der Waals surface area contributed by atoms with Crippen molar-refractivity contribution < 1.29 is 9.53 Å². The van der Waals surface area contributed by atoms with E-state index in [1.54, 1.807) is 7.11 Å². The van der Waals surface area contributed by atoms with E-state index in [0.717, 1.165) is 23.3 Å². The molecule has 0 heterocycles. The van der Waals surface area contributed by atoms with Crippen LogP contribution in [0.15, 0.2) is 30.3 Å². The van der Waals surface area contributed by atoms with E-state index in [0.29, 0.717) is 11.3 Å². The van der Waals surface area contributed by atoms with Crippen molar-refractivity contribution in [1.82, 2.24) is 0 Å². The number of ether oxygens (including phenoxy) is 1. The van der Waals surface area contributed by atoms with Gasteiger partial charge in [0.15, 0.2) is 5.78 Å². The molecule has 2 atom stereocenters. The van der Waals surface area contributed by atoms with Crippen molar-refractivity contribution in [3.05, 3.63) is 41.5 Å². The summed E-state index contributed by atoms with van der Waals surface area (Å²) < 4.78 is 5.45. The van der Waals surface area contributed by atoms with Crippen molar-refractivity contribution in [2.75, 3.05) is 7.11 Å². The van der Waals surface area contributed by atoms with Crippen LogP contribution >= 0.6 is 0 Å². The van der Waals surface area contributed by atoms with E-state index in [1.807, 2.05) is 30.3 Å². The molecular weight excluding hydrogens is 224 g/mol. The second kappa shape index (κ2) is 3.71. The highest BCUT2D eigenvalue weighted by molar-refractivity contribution is 6.06. The molecule has 3 rings (SSSR count). The molecular formula is C16H18O2. The van der Waals surface area contributed by atoms with E-state index >= 15 is 0 Å². The molecule has 1 aromatic carbocycles. The molecule has 1 saturated carbocycles. The highest BCUT2D eigenvalue weighted by atomic mass is 16.5. The van der Waals surface area contributed by atoms with Crippen molar-refractivity contribution in [2.45, 2.75) is 20.3 Å². The molecule has 2 aliphatic rings. The Balaban J connectivity index is 2.04. The average Bonchev–Trinajstić information content (AvgIpc) is 2.99. The Morgan fingerprint density at radius 2 is 1.83 bits per heavy atom. The Bertz CT molecular complexity index is 540. The first-order valence-corrected chi connectivity index (χ1v) is 6.44. The highest BCUT2D eigenvalue weighted by Gasteiger charge is 2.52. The molecule has 0 N–H and O–H groups in total. The van der Waals surface area contributed by atoms with Crippen LogP contribution in [0.1, 0.15) is 36.2 Å². The zero-order valence-electron chi connectivity index (χ0n) is 11.1. The number of hydrogen-bond acceptors (Lipinski definition) is 2. The first kappa shape index (κ1) is 11.5. The number of methoxy groups -OCH3 is 1. The molecule has 0 radical (unpaired) electrons. The highest BCUT2D eigenvalue weighted by Crippen LogP contribution is 2.57. The molecule has 2 heteroatoms. The van der Waals surface area contributed by atoms with Gasteiger partial charge >= 0.3 is 0 Å². The van der Waals surface area contributed by atoms with Crippen LogP contribution in [0.3, 0.4) is 0 Å². The lowest BCUT2D eigenvalue weighted by atomic mass is 9.82. The Labute approximate surface area is 108 Å². The van der Waals surface area contributed by atoms with Crippen LogP contribution < -0.4 is 0 Å². The van der Waals surface area contributed by atoms with Gasteiger partial charge in [-0.15, -0.1) is 0 Å². The summed E-state index contributed by atoms with van der Waals surface area (Å²) in [6, 6.07) is 7.73. The van der Waals surface area contributed by atoms with Crippen molar-refractivity contribution in [2.24, 2.45) is 17.3 Å². The molecule has 0 saturated heterocycles. The average molecular weight is 242 g/mol. The van der Waals surface area contributed by atoms with Crippen molar-refractivity contribution >= 4 is 11.5 Å². The van der Waals surface area contributed by atoms with Crippen LogP contribution in [0, 0.1) is 17.3 Å². The molecule has 0 aliphatic heterocycles. The van der Waals surface area contributed by atoms with Gasteiger partial charge in [0.25, 0.3) is 0 Å². The second-order valence-electron chi connectivity index (χ2n) is 5.97. The quantitative estimate of drug-likeness (QED) is 0.793. The molecule has 2 aliphatic carbocycles. The summed E-state index contributed by atoms with van der Waals surface area (Å²) in [5, 5.41) is 0. The van der Waals surface area contributed by atoms with E-state index in [4.69, 9.17) is 4.74 Å². The molecule has 0 amide bonds. The maximum absolute atomic E-state index is 12.5. The Morgan fingerprint density at radius 1 is 1.22 bits per heavy atom. The second-order valence-corrected chi connectivity index (χ2v) is 5.97. The predicted molar refractivity (Wildman–Crippen MR) is 71.1 cm³/mol. The van der Waals surface area contributed by atoms with Crippen LogP contribution in [-0.4, -0.2) is 12.9 Å². The standard InChI is InChI=1S/C16H18O2/c1-16(2)9-13(16)12-8-14(18-3)10-6-4-5-7-11(10)15(12)17/h4-8,12-13H,9H2,1-3H3. The number of allylic oxidation sites excluding steroid dienone is 1. The van der Waals surface area contributed by atoms with Crippen LogP contribution in [0.4, 0.5) is 0 Å². The number of rotatable bonds is 2. The number of carbonyl (C=O) groups excluding carboxylic acids is 1. The van der Waals surface area contributed by atoms with Gasteiger partial charge in [0.1, 0.15) is 5.76 Å². The summed E-state index contributed by atoms with van der Waals surface area (Å²) in [6.07, 6.45) is 3.14. The summed E-state index contributed by atoms with van der Waals surface area (Å²) in [5.41, 5.74) is 2.03. The van der Waals surface area contributed by atoms with Crippen LogP contribution in [0.5, 0.6) is 0 Å². The summed E-state index contributed by atoms with van der Waals surface area (Å²) in [7, 11) is 1.67. The van der Waals surface area contributed by atoms with E-state index < -0.39 is 0 Å². The smallest absolute Gasteiger partial charge is 0.170 e. The van der Waals surface area contributed by atoms with Crippen LogP contribution in [0.25, 0.3) is 5.76 Å². The lowest BCUT2D eigenvalue weighted by Gasteiger charge is -2.23. The fraction of sp³-hybridized carbons (Fsp3) is 0.438. The third-order valence-electron chi connectivity index (χ3n) is 4.33. The Kier molecular flexibility index (Phi) is 2.37. The van der Waals surface area contributed by atoms with E-state index in [9.17, 15) is 4.79 Å². The molecule has 94 valence electrons. The number of fused-ring (bicyclic) bond motifs is 1. The Morgan fingerprint density at radius 3 is 2.39 bits per heavy atom. The van der Waals surface area contributed by atoms with E-state index in [-0.39, 0.29) is 11.7 Å². The van der Waals surface area contributed by atoms with Crippen LogP contribution in [0.2, 0.25) is 0 Å². The Hall–Kier alpha value is -1.57. The topological polar surface area (TPSA) is 26.3 Å². The van der Waals surface area contributed by atoms with Gasteiger partial charge in [-0.25, -0.2) is 0 Å². The third kappa shape index (κ3) is 1.59. The lowest BCUT2D eigenvalue weighted by Crippen LogP contribution is -2.23. The number of Topliss-reactive ketones (excluding diaryl/α,β-unsaturated/α-hetero) is 1. The molecule has 1 aromatic rings. The lowest BCUT2D eigenvalue weighted by molar-refractivity contribution is 0.0920. The molecule has 1 fully saturated rings. The van der Waals surface area contributed by atoms with Gasteiger partial charge < -0.3 is 4.74 Å².